The summed E-state index contributed by atoms with van der Waals surface area (Å²) in [4.78, 5) is 0. The normalized spacial score (nSPS) is 17.9. The van der Waals surface area contributed by atoms with Crippen molar-refractivity contribution in [1.82, 2.24) is 34.6 Å². The Balaban J connectivity index is 1.60. The van der Waals surface area contributed by atoms with Crippen LogP contribution in [0.2, 0.25) is 0 Å². The van der Waals surface area contributed by atoms with Crippen LogP contribution in [0.5, 0.6) is 0 Å². The number of anilines is 1. The Morgan fingerprint density at radius 1 is 1.17 bits per heavy atom. The van der Waals surface area contributed by atoms with Crippen molar-refractivity contribution in [2.75, 3.05) is 5.32 Å². The molecular weight excluding hydrogens is 325 g/mol. The molecule has 11 heteroatoms. The second kappa shape index (κ2) is 5.14. The molecule has 3 aromatic rings. The van der Waals surface area contributed by atoms with E-state index in [9.17, 15) is 13.2 Å². The summed E-state index contributed by atoms with van der Waals surface area (Å²) in [6.07, 6.45) is -3.06. The molecule has 126 valence electrons. The molecule has 4 heterocycles. The first-order valence-corrected chi connectivity index (χ1v) is 7.37. The molecule has 0 bridgehead atoms. The van der Waals surface area contributed by atoms with E-state index in [-0.39, 0.29) is 11.7 Å². The number of halogens is 3. The number of hydrogen-bond donors (Lipinski definition) is 1. The largest absolute Gasteiger partial charge is 0.453 e. The first-order valence-electron chi connectivity index (χ1n) is 7.37. The topological polar surface area (TPSA) is 85.8 Å². The smallest absolute Gasteiger partial charge is 0.364 e. The second-order valence-corrected chi connectivity index (χ2v) is 5.66. The summed E-state index contributed by atoms with van der Waals surface area (Å²) in [6, 6.07) is 3.08. The molecule has 1 aliphatic heterocycles. The molecule has 0 saturated heterocycles. The van der Waals surface area contributed by atoms with Crippen LogP contribution in [0.25, 0.3) is 5.65 Å². The van der Waals surface area contributed by atoms with Gasteiger partial charge in [0.15, 0.2) is 5.65 Å². The SMILES string of the molecule is Cc1nnc2n1C[C@@H](Nc1ccc3nnc(C(F)(F)F)n3n1)CC2. The Bertz CT molecular complexity index is 896. The Hall–Kier alpha value is -2.72. The highest BCUT2D eigenvalue weighted by atomic mass is 19.4. The van der Waals surface area contributed by atoms with Crippen molar-refractivity contribution in [3.63, 3.8) is 0 Å². The molecule has 0 aliphatic carbocycles. The van der Waals surface area contributed by atoms with E-state index in [1.54, 1.807) is 6.07 Å². The molecule has 1 aliphatic rings. The summed E-state index contributed by atoms with van der Waals surface area (Å²) in [5.41, 5.74) is 0.0495. The molecular formula is C13H13F3N8. The van der Waals surface area contributed by atoms with Crippen molar-refractivity contribution in [1.29, 1.82) is 0 Å². The minimum Gasteiger partial charge on any atom is -0.364 e. The molecule has 0 fully saturated rings. The van der Waals surface area contributed by atoms with Crippen molar-refractivity contribution in [2.24, 2.45) is 0 Å². The van der Waals surface area contributed by atoms with Crippen LogP contribution in [0.1, 0.15) is 23.9 Å². The van der Waals surface area contributed by atoms with Gasteiger partial charge >= 0.3 is 6.18 Å². The Morgan fingerprint density at radius 2 is 2.00 bits per heavy atom. The highest BCUT2D eigenvalue weighted by Crippen LogP contribution is 2.27. The van der Waals surface area contributed by atoms with E-state index in [4.69, 9.17) is 0 Å². The van der Waals surface area contributed by atoms with Crippen LogP contribution < -0.4 is 5.32 Å². The maximum absolute atomic E-state index is 12.9. The summed E-state index contributed by atoms with van der Waals surface area (Å²) < 4.78 is 41.5. The minimum atomic E-state index is -4.61. The van der Waals surface area contributed by atoms with Gasteiger partial charge in [-0.15, -0.1) is 25.5 Å². The van der Waals surface area contributed by atoms with Gasteiger partial charge in [-0.25, -0.2) is 0 Å². The quantitative estimate of drug-likeness (QED) is 0.762. The van der Waals surface area contributed by atoms with E-state index in [0.29, 0.717) is 16.9 Å². The molecule has 1 atom stereocenters. The summed E-state index contributed by atoms with van der Waals surface area (Å²) in [6.45, 7) is 2.51. The fourth-order valence-electron chi connectivity index (χ4n) is 2.83. The van der Waals surface area contributed by atoms with E-state index in [0.717, 1.165) is 24.5 Å². The van der Waals surface area contributed by atoms with E-state index < -0.39 is 12.0 Å². The molecule has 0 saturated carbocycles. The monoisotopic (exact) mass is 338 g/mol. The number of aryl methyl sites for hydroxylation is 2. The standard InChI is InChI=1S/C13H13F3N8/c1-7-18-19-10-4-2-8(6-23(7)10)17-9-3-5-11-20-21-12(13(14,15)16)24(11)22-9/h3,5,8H,2,4,6H2,1H3,(H,17,22)/t8-/m0/s1. The van der Waals surface area contributed by atoms with E-state index in [1.807, 2.05) is 11.5 Å². The predicted octanol–water partition coefficient (Wildman–Crippen LogP) is 1.47. The number of nitrogens with one attached hydrogen (secondary N) is 1. The fourth-order valence-corrected chi connectivity index (χ4v) is 2.83. The molecule has 24 heavy (non-hydrogen) atoms. The van der Waals surface area contributed by atoms with Crippen LogP contribution in [0.15, 0.2) is 12.1 Å². The predicted molar refractivity (Wildman–Crippen MR) is 76.3 cm³/mol. The number of hydrogen-bond acceptors (Lipinski definition) is 6. The average Bonchev–Trinajstić information content (AvgIpc) is 3.11. The lowest BCUT2D eigenvalue weighted by molar-refractivity contribution is -0.146. The Morgan fingerprint density at radius 3 is 2.79 bits per heavy atom. The van der Waals surface area contributed by atoms with Gasteiger partial charge < -0.3 is 9.88 Å². The van der Waals surface area contributed by atoms with Gasteiger partial charge in [-0.3, -0.25) is 0 Å². The van der Waals surface area contributed by atoms with Gasteiger partial charge in [0, 0.05) is 19.0 Å². The van der Waals surface area contributed by atoms with Gasteiger partial charge in [-0.05, 0) is 25.5 Å². The van der Waals surface area contributed by atoms with Gasteiger partial charge in [-0.1, -0.05) is 0 Å². The minimum absolute atomic E-state index is 0.0305. The van der Waals surface area contributed by atoms with Crippen molar-refractivity contribution in [2.45, 2.75) is 38.5 Å². The zero-order valence-electron chi connectivity index (χ0n) is 12.6. The number of rotatable bonds is 2. The van der Waals surface area contributed by atoms with E-state index in [1.165, 1.54) is 6.07 Å². The summed E-state index contributed by atoms with van der Waals surface area (Å²) in [5, 5.41) is 21.9. The molecule has 0 aromatic carbocycles. The average molecular weight is 338 g/mol. The van der Waals surface area contributed by atoms with Gasteiger partial charge in [0.25, 0.3) is 5.82 Å². The second-order valence-electron chi connectivity index (χ2n) is 5.66. The van der Waals surface area contributed by atoms with Gasteiger partial charge in [0.05, 0.1) is 0 Å². The molecule has 3 aromatic heterocycles. The number of fused-ring (bicyclic) bond motifs is 2. The maximum atomic E-state index is 12.9. The number of nitrogens with zero attached hydrogens (tertiary/aromatic N) is 7. The van der Waals surface area contributed by atoms with Crippen molar-refractivity contribution >= 4 is 11.5 Å². The highest BCUT2D eigenvalue weighted by Gasteiger charge is 2.37. The third-order valence-corrected chi connectivity index (χ3v) is 4.00. The van der Waals surface area contributed by atoms with Crippen LogP contribution >= 0.6 is 0 Å². The molecule has 1 N–H and O–H groups in total. The van der Waals surface area contributed by atoms with E-state index >= 15 is 0 Å². The van der Waals surface area contributed by atoms with Crippen LogP contribution in [0.3, 0.4) is 0 Å². The van der Waals surface area contributed by atoms with Crippen molar-refractivity contribution in [3.8, 4) is 0 Å². The van der Waals surface area contributed by atoms with Crippen LogP contribution in [0, 0.1) is 6.92 Å². The number of alkyl halides is 3. The third-order valence-electron chi connectivity index (χ3n) is 4.00. The van der Waals surface area contributed by atoms with Crippen LogP contribution in [-0.2, 0) is 19.1 Å². The summed E-state index contributed by atoms with van der Waals surface area (Å²) >= 11 is 0. The lowest BCUT2D eigenvalue weighted by Crippen LogP contribution is -2.32. The zero-order valence-corrected chi connectivity index (χ0v) is 12.6. The first-order chi connectivity index (χ1) is 11.4. The summed E-state index contributed by atoms with van der Waals surface area (Å²) in [7, 11) is 0. The molecule has 0 unspecified atom stereocenters. The fraction of sp³-hybridized carbons (Fsp3) is 0.462. The zero-order chi connectivity index (χ0) is 16.9. The van der Waals surface area contributed by atoms with E-state index in [2.05, 4.69) is 30.8 Å². The van der Waals surface area contributed by atoms with Gasteiger partial charge in [0.1, 0.15) is 17.5 Å². The highest BCUT2D eigenvalue weighted by molar-refractivity contribution is 5.44. The first kappa shape index (κ1) is 14.8. The molecule has 0 amide bonds. The lowest BCUT2D eigenvalue weighted by Gasteiger charge is -2.25. The maximum Gasteiger partial charge on any atom is 0.453 e. The number of aromatic nitrogens is 7. The molecule has 0 spiro atoms. The van der Waals surface area contributed by atoms with Crippen LogP contribution in [-0.4, -0.2) is 40.6 Å². The molecule has 8 nitrogen and oxygen atoms in total. The van der Waals surface area contributed by atoms with Crippen LogP contribution in [0.4, 0.5) is 19.0 Å². The van der Waals surface area contributed by atoms with Crippen molar-refractivity contribution in [3.05, 3.63) is 29.6 Å². The summed E-state index contributed by atoms with van der Waals surface area (Å²) in [5.74, 6) is 0.943. The molecule has 0 radical (unpaired) electrons. The van der Waals surface area contributed by atoms with Crippen molar-refractivity contribution < 1.29 is 13.2 Å². The van der Waals surface area contributed by atoms with Gasteiger partial charge in [-0.2, -0.15) is 17.7 Å². The molecule has 4 rings (SSSR count). The van der Waals surface area contributed by atoms with Gasteiger partial charge in [0.2, 0.25) is 0 Å². The Labute approximate surface area is 133 Å². The lowest BCUT2D eigenvalue weighted by atomic mass is 10.1. The third kappa shape index (κ3) is 2.45. The Kier molecular flexibility index (Phi) is 3.18.